The first kappa shape index (κ1) is 12.9. The van der Waals surface area contributed by atoms with E-state index in [9.17, 15) is 4.79 Å². The van der Waals surface area contributed by atoms with E-state index in [0.29, 0.717) is 5.92 Å². The molecule has 102 valence electrons. The summed E-state index contributed by atoms with van der Waals surface area (Å²) in [5.74, 6) is 0.747. The van der Waals surface area contributed by atoms with Gasteiger partial charge in [0.25, 0.3) is 0 Å². The van der Waals surface area contributed by atoms with Crippen LogP contribution in [-0.2, 0) is 4.79 Å². The number of carbonyl (C=O) groups is 1. The lowest BCUT2D eigenvalue weighted by Gasteiger charge is -2.20. The first-order valence-electron chi connectivity index (χ1n) is 7.01. The lowest BCUT2D eigenvalue weighted by molar-refractivity contribution is -0.132. The topological polar surface area (TPSA) is 32.3 Å². The third kappa shape index (κ3) is 2.77. The fourth-order valence-electron chi connectivity index (χ4n) is 3.08. The van der Waals surface area contributed by atoms with Crippen molar-refractivity contribution in [2.45, 2.75) is 31.2 Å². The highest BCUT2D eigenvalue weighted by molar-refractivity contribution is 6.30. The minimum absolute atomic E-state index is 0.0592. The minimum atomic E-state index is 0.0592. The molecule has 0 spiro atoms. The molecule has 1 amide bonds. The fraction of sp³-hybridized carbons (Fsp3) is 0.533. The Morgan fingerprint density at radius 1 is 1.26 bits per heavy atom. The van der Waals surface area contributed by atoms with Crippen LogP contribution < -0.4 is 5.32 Å². The molecule has 2 unspecified atom stereocenters. The van der Waals surface area contributed by atoms with Crippen molar-refractivity contribution in [3.05, 3.63) is 34.9 Å². The lowest BCUT2D eigenvalue weighted by Crippen LogP contribution is -2.42. The number of amides is 1. The van der Waals surface area contributed by atoms with Gasteiger partial charge >= 0.3 is 0 Å². The van der Waals surface area contributed by atoms with Gasteiger partial charge in [-0.15, -0.1) is 0 Å². The number of nitrogens with zero attached hydrogens (tertiary/aromatic N) is 1. The summed E-state index contributed by atoms with van der Waals surface area (Å²) in [5, 5.41) is 4.06. The van der Waals surface area contributed by atoms with Crippen LogP contribution in [0.15, 0.2) is 24.3 Å². The average molecular weight is 279 g/mol. The largest absolute Gasteiger partial charge is 0.341 e. The highest BCUT2D eigenvalue weighted by atomic mass is 35.5. The van der Waals surface area contributed by atoms with Gasteiger partial charge in [0.05, 0.1) is 6.04 Å². The van der Waals surface area contributed by atoms with E-state index in [1.807, 2.05) is 17.0 Å². The van der Waals surface area contributed by atoms with Gasteiger partial charge < -0.3 is 10.2 Å². The quantitative estimate of drug-likeness (QED) is 0.901. The van der Waals surface area contributed by atoms with Crippen LogP contribution in [0, 0.1) is 0 Å². The maximum atomic E-state index is 12.3. The zero-order chi connectivity index (χ0) is 13.2. The Hall–Kier alpha value is -1.06. The van der Waals surface area contributed by atoms with Crippen LogP contribution in [0.5, 0.6) is 0 Å². The van der Waals surface area contributed by atoms with Gasteiger partial charge in [0.1, 0.15) is 0 Å². The molecule has 1 aromatic carbocycles. The number of carbonyl (C=O) groups excluding carboxylic acids is 1. The number of rotatable bonds is 2. The zero-order valence-corrected chi connectivity index (χ0v) is 11.7. The second-order valence-corrected chi connectivity index (χ2v) is 5.91. The van der Waals surface area contributed by atoms with Crippen molar-refractivity contribution in [2.75, 3.05) is 19.6 Å². The van der Waals surface area contributed by atoms with Gasteiger partial charge in [-0.25, -0.2) is 0 Å². The standard InChI is InChI=1S/C15H19ClN2O/c16-13-5-3-11(4-6-13)12-7-9-18(10-12)15(19)14-2-1-8-17-14/h3-6,12,14,17H,1-2,7-10H2. The number of benzene rings is 1. The monoisotopic (exact) mass is 278 g/mol. The predicted octanol–water partition coefficient (Wildman–Crippen LogP) is 2.41. The summed E-state index contributed by atoms with van der Waals surface area (Å²) in [6.07, 6.45) is 3.16. The lowest BCUT2D eigenvalue weighted by atomic mass is 9.99. The average Bonchev–Trinajstić information content (AvgIpc) is 3.10. The van der Waals surface area contributed by atoms with E-state index >= 15 is 0 Å². The van der Waals surface area contributed by atoms with Gasteiger partial charge in [-0.05, 0) is 43.5 Å². The van der Waals surface area contributed by atoms with Crippen molar-refractivity contribution in [1.82, 2.24) is 10.2 Å². The van der Waals surface area contributed by atoms with E-state index in [4.69, 9.17) is 11.6 Å². The van der Waals surface area contributed by atoms with E-state index in [1.165, 1.54) is 5.56 Å². The molecule has 4 heteroatoms. The maximum Gasteiger partial charge on any atom is 0.239 e. The molecule has 0 saturated carbocycles. The molecule has 2 aliphatic rings. The van der Waals surface area contributed by atoms with Crippen molar-refractivity contribution in [2.24, 2.45) is 0 Å². The number of hydrogen-bond acceptors (Lipinski definition) is 2. The summed E-state index contributed by atoms with van der Waals surface area (Å²) in [6.45, 7) is 2.70. The Kier molecular flexibility index (Phi) is 3.76. The molecule has 3 nitrogen and oxygen atoms in total. The van der Waals surface area contributed by atoms with Gasteiger partial charge in [-0.2, -0.15) is 0 Å². The van der Waals surface area contributed by atoms with Crippen molar-refractivity contribution >= 4 is 17.5 Å². The van der Waals surface area contributed by atoms with Crippen LogP contribution in [0.1, 0.15) is 30.7 Å². The third-order valence-electron chi connectivity index (χ3n) is 4.20. The van der Waals surface area contributed by atoms with Crippen LogP contribution in [-0.4, -0.2) is 36.5 Å². The SMILES string of the molecule is O=C(C1CCCN1)N1CCC(c2ccc(Cl)cc2)C1. The molecule has 2 heterocycles. The van der Waals surface area contributed by atoms with E-state index in [-0.39, 0.29) is 11.9 Å². The maximum absolute atomic E-state index is 12.3. The first-order valence-corrected chi connectivity index (χ1v) is 7.39. The van der Waals surface area contributed by atoms with Crippen LogP contribution in [0.25, 0.3) is 0 Å². The summed E-state index contributed by atoms with van der Waals surface area (Å²) in [6, 6.07) is 8.08. The van der Waals surface area contributed by atoms with Gasteiger partial charge in [0, 0.05) is 24.0 Å². The van der Waals surface area contributed by atoms with Gasteiger partial charge in [0.2, 0.25) is 5.91 Å². The van der Waals surface area contributed by atoms with Gasteiger partial charge in [-0.3, -0.25) is 4.79 Å². The molecular weight excluding hydrogens is 260 g/mol. The second kappa shape index (κ2) is 5.51. The summed E-state index contributed by atoms with van der Waals surface area (Å²) in [7, 11) is 0. The predicted molar refractivity (Wildman–Crippen MR) is 76.4 cm³/mol. The zero-order valence-electron chi connectivity index (χ0n) is 10.9. The first-order chi connectivity index (χ1) is 9.24. The molecule has 2 saturated heterocycles. The third-order valence-corrected chi connectivity index (χ3v) is 4.45. The molecule has 2 atom stereocenters. The Labute approximate surface area is 118 Å². The minimum Gasteiger partial charge on any atom is -0.341 e. The molecule has 19 heavy (non-hydrogen) atoms. The van der Waals surface area contributed by atoms with E-state index < -0.39 is 0 Å². The van der Waals surface area contributed by atoms with E-state index in [1.54, 1.807) is 0 Å². The summed E-state index contributed by atoms with van der Waals surface area (Å²) in [4.78, 5) is 14.3. The molecular formula is C15H19ClN2O. The summed E-state index contributed by atoms with van der Waals surface area (Å²) < 4.78 is 0. The Morgan fingerprint density at radius 2 is 2.05 bits per heavy atom. The molecule has 0 aromatic heterocycles. The number of hydrogen-bond donors (Lipinski definition) is 1. The molecule has 1 N–H and O–H groups in total. The second-order valence-electron chi connectivity index (χ2n) is 5.47. The van der Waals surface area contributed by atoms with E-state index in [2.05, 4.69) is 17.4 Å². The van der Waals surface area contributed by atoms with Crippen LogP contribution in [0.3, 0.4) is 0 Å². The Balaban J connectivity index is 1.63. The Bertz CT molecular complexity index is 454. The van der Waals surface area contributed by atoms with Gasteiger partial charge in [0.15, 0.2) is 0 Å². The van der Waals surface area contributed by atoms with E-state index in [0.717, 1.165) is 43.9 Å². The van der Waals surface area contributed by atoms with Crippen LogP contribution in [0.4, 0.5) is 0 Å². The summed E-state index contributed by atoms with van der Waals surface area (Å²) in [5.41, 5.74) is 1.29. The number of halogens is 1. The molecule has 3 rings (SSSR count). The van der Waals surface area contributed by atoms with Gasteiger partial charge in [-0.1, -0.05) is 23.7 Å². The fourth-order valence-corrected chi connectivity index (χ4v) is 3.21. The van der Waals surface area contributed by atoms with Crippen LogP contribution >= 0.6 is 11.6 Å². The molecule has 2 fully saturated rings. The molecule has 0 bridgehead atoms. The normalized spacial score (nSPS) is 26.9. The highest BCUT2D eigenvalue weighted by Crippen LogP contribution is 2.28. The molecule has 0 aliphatic carbocycles. The highest BCUT2D eigenvalue weighted by Gasteiger charge is 2.32. The number of nitrogens with one attached hydrogen (secondary N) is 1. The Morgan fingerprint density at radius 3 is 2.74 bits per heavy atom. The smallest absolute Gasteiger partial charge is 0.239 e. The van der Waals surface area contributed by atoms with Crippen molar-refractivity contribution < 1.29 is 4.79 Å². The van der Waals surface area contributed by atoms with Crippen molar-refractivity contribution in [3.63, 3.8) is 0 Å². The molecule has 2 aliphatic heterocycles. The number of likely N-dealkylation sites (tertiary alicyclic amines) is 1. The molecule has 1 aromatic rings. The van der Waals surface area contributed by atoms with Crippen molar-refractivity contribution in [3.8, 4) is 0 Å². The summed E-state index contributed by atoms with van der Waals surface area (Å²) >= 11 is 5.91. The van der Waals surface area contributed by atoms with Crippen molar-refractivity contribution in [1.29, 1.82) is 0 Å². The molecule has 0 radical (unpaired) electrons. The van der Waals surface area contributed by atoms with Crippen LogP contribution in [0.2, 0.25) is 5.02 Å².